The van der Waals surface area contributed by atoms with Gasteiger partial charge in [0.2, 0.25) is 5.91 Å². The summed E-state index contributed by atoms with van der Waals surface area (Å²) < 4.78 is 12.5. The van der Waals surface area contributed by atoms with Gasteiger partial charge in [0.15, 0.2) is 5.16 Å². The van der Waals surface area contributed by atoms with Crippen molar-refractivity contribution in [1.29, 1.82) is 0 Å². The van der Waals surface area contributed by atoms with Crippen molar-refractivity contribution in [3.63, 3.8) is 0 Å². The average molecular weight is 413 g/mol. The largest absolute Gasteiger partial charge is 0.497 e. The number of amides is 1. The molecule has 152 valence electrons. The van der Waals surface area contributed by atoms with E-state index in [4.69, 9.17) is 9.47 Å². The summed E-state index contributed by atoms with van der Waals surface area (Å²) in [7, 11) is 1.63. The molecule has 0 radical (unpaired) electrons. The van der Waals surface area contributed by atoms with Crippen molar-refractivity contribution in [1.82, 2.24) is 20.1 Å². The molecule has 8 heteroatoms. The van der Waals surface area contributed by atoms with Crippen LogP contribution in [0.1, 0.15) is 25.5 Å². The van der Waals surface area contributed by atoms with Gasteiger partial charge in [-0.05, 0) is 55.8 Å². The van der Waals surface area contributed by atoms with Crippen molar-refractivity contribution in [2.45, 2.75) is 25.0 Å². The lowest BCUT2D eigenvalue weighted by molar-refractivity contribution is -0.119. The summed E-state index contributed by atoms with van der Waals surface area (Å²) in [6.45, 7) is 4.53. The van der Waals surface area contributed by atoms with Crippen molar-refractivity contribution in [2.24, 2.45) is 0 Å². The fourth-order valence-electron chi connectivity index (χ4n) is 2.76. The van der Waals surface area contributed by atoms with E-state index < -0.39 is 0 Å². The van der Waals surface area contributed by atoms with Gasteiger partial charge in [0.1, 0.15) is 17.8 Å². The number of ether oxygens (including phenoxy) is 2. The quantitative estimate of drug-likeness (QED) is 0.541. The van der Waals surface area contributed by atoms with Crippen LogP contribution in [0, 0.1) is 0 Å². The number of thioether (sulfide) groups is 1. The van der Waals surface area contributed by atoms with Gasteiger partial charge in [-0.1, -0.05) is 23.9 Å². The number of carbonyl (C=O) groups is 1. The van der Waals surface area contributed by atoms with E-state index in [1.807, 2.05) is 66.9 Å². The van der Waals surface area contributed by atoms with Crippen LogP contribution in [-0.2, 0) is 4.79 Å². The molecule has 0 fully saturated rings. The summed E-state index contributed by atoms with van der Waals surface area (Å²) in [6, 6.07) is 15.2. The summed E-state index contributed by atoms with van der Waals surface area (Å²) in [5.41, 5.74) is 1.93. The average Bonchev–Trinajstić information content (AvgIpc) is 3.21. The molecule has 0 saturated carbocycles. The van der Waals surface area contributed by atoms with E-state index in [-0.39, 0.29) is 17.7 Å². The van der Waals surface area contributed by atoms with Crippen LogP contribution in [0.2, 0.25) is 0 Å². The highest BCUT2D eigenvalue weighted by Gasteiger charge is 2.13. The number of methoxy groups -OCH3 is 1. The fourth-order valence-corrected chi connectivity index (χ4v) is 3.50. The minimum atomic E-state index is -0.0989. The summed E-state index contributed by atoms with van der Waals surface area (Å²) in [5.74, 6) is 1.78. The van der Waals surface area contributed by atoms with E-state index in [1.54, 1.807) is 13.4 Å². The third-order valence-corrected chi connectivity index (χ3v) is 5.21. The molecule has 3 rings (SSSR count). The van der Waals surface area contributed by atoms with E-state index in [1.165, 1.54) is 11.8 Å². The molecule has 1 aromatic heterocycles. The minimum Gasteiger partial charge on any atom is -0.497 e. The number of rotatable bonds is 9. The van der Waals surface area contributed by atoms with Gasteiger partial charge in [0.05, 0.1) is 25.5 Å². The molecule has 0 aliphatic heterocycles. The first-order valence-corrected chi connectivity index (χ1v) is 10.3. The Morgan fingerprint density at radius 2 is 1.83 bits per heavy atom. The van der Waals surface area contributed by atoms with Crippen molar-refractivity contribution in [2.75, 3.05) is 19.5 Å². The molecule has 1 amide bonds. The van der Waals surface area contributed by atoms with Crippen molar-refractivity contribution < 1.29 is 14.3 Å². The second-order valence-corrected chi connectivity index (χ2v) is 7.20. The molecule has 0 spiro atoms. The van der Waals surface area contributed by atoms with Crippen LogP contribution in [0.5, 0.6) is 11.5 Å². The first kappa shape index (κ1) is 20.7. The highest BCUT2D eigenvalue weighted by atomic mass is 32.2. The van der Waals surface area contributed by atoms with Crippen LogP contribution in [0.25, 0.3) is 5.69 Å². The smallest absolute Gasteiger partial charge is 0.230 e. The van der Waals surface area contributed by atoms with Crippen LogP contribution in [0.3, 0.4) is 0 Å². The Morgan fingerprint density at radius 3 is 2.48 bits per heavy atom. The SMILES string of the molecule is CCOc1ccc([C@@H](C)NC(=O)CSc2nncn2-c2ccc(OC)cc2)cc1. The molecule has 0 bridgehead atoms. The normalized spacial score (nSPS) is 11.7. The van der Waals surface area contributed by atoms with Crippen LogP contribution < -0.4 is 14.8 Å². The predicted octanol–water partition coefficient (Wildman–Crippen LogP) is 3.64. The number of benzene rings is 2. The van der Waals surface area contributed by atoms with Gasteiger partial charge in [-0.25, -0.2) is 0 Å². The number of aromatic nitrogens is 3. The fraction of sp³-hybridized carbons (Fsp3) is 0.286. The van der Waals surface area contributed by atoms with E-state index >= 15 is 0 Å². The Kier molecular flexibility index (Phi) is 7.13. The molecular weight excluding hydrogens is 388 g/mol. The van der Waals surface area contributed by atoms with E-state index in [0.29, 0.717) is 11.8 Å². The van der Waals surface area contributed by atoms with Gasteiger partial charge in [-0.15, -0.1) is 10.2 Å². The monoisotopic (exact) mass is 412 g/mol. The molecule has 29 heavy (non-hydrogen) atoms. The Hall–Kier alpha value is -3.00. The molecule has 2 aromatic carbocycles. The zero-order valence-electron chi connectivity index (χ0n) is 16.7. The lowest BCUT2D eigenvalue weighted by atomic mass is 10.1. The molecule has 0 aliphatic carbocycles. The second-order valence-electron chi connectivity index (χ2n) is 6.26. The van der Waals surface area contributed by atoms with Gasteiger partial charge in [-0.3, -0.25) is 9.36 Å². The lowest BCUT2D eigenvalue weighted by Crippen LogP contribution is -2.28. The maximum absolute atomic E-state index is 12.4. The van der Waals surface area contributed by atoms with Crippen LogP contribution >= 0.6 is 11.8 Å². The molecule has 1 N–H and O–H groups in total. The maximum atomic E-state index is 12.4. The zero-order valence-corrected chi connectivity index (χ0v) is 17.5. The summed E-state index contributed by atoms with van der Waals surface area (Å²) in [6.07, 6.45) is 1.63. The standard InChI is InChI=1S/C21H24N4O3S/c1-4-28-19-9-5-16(6-10-19)15(2)23-20(26)13-29-21-24-22-14-25(21)17-7-11-18(27-3)12-8-17/h5-12,14-15H,4,13H2,1-3H3,(H,23,26)/t15-/m1/s1. The predicted molar refractivity (Wildman–Crippen MR) is 113 cm³/mol. The number of carbonyl (C=O) groups excluding carboxylic acids is 1. The third kappa shape index (κ3) is 5.51. The summed E-state index contributed by atoms with van der Waals surface area (Å²) >= 11 is 1.34. The molecule has 1 heterocycles. The molecular formula is C21H24N4O3S. The first-order chi connectivity index (χ1) is 14.1. The van der Waals surface area contributed by atoms with Crippen LogP contribution in [0.15, 0.2) is 60.0 Å². The van der Waals surface area contributed by atoms with Crippen LogP contribution in [-0.4, -0.2) is 40.1 Å². The van der Waals surface area contributed by atoms with Crippen molar-refractivity contribution >= 4 is 17.7 Å². The van der Waals surface area contributed by atoms with Crippen molar-refractivity contribution in [3.8, 4) is 17.2 Å². The Bertz CT molecular complexity index is 926. The molecule has 0 unspecified atom stereocenters. The summed E-state index contributed by atoms with van der Waals surface area (Å²) in [4.78, 5) is 12.4. The second kappa shape index (κ2) is 9.97. The van der Waals surface area contributed by atoms with Gasteiger partial charge >= 0.3 is 0 Å². The van der Waals surface area contributed by atoms with Gasteiger partial charge in [-0.2, -0.15) is 0 Å². The van der Waals surface area contributed by atoms with Gasteiger partial charge in [0.25, 0.3) is 0 Å². The van der Waals surface area contributed by atoms with Crippen LogP contribution in [0.4, 0.5) is 0 Å². The van der Waals surface area contributed by atoms with E-state index in [0.717, 1.165) is 22.7 Å². The summed E-state index contributed by atoms with van der Waals surface area (Å²) in [5, 5.41) is 11.8. The highest BCUT2D eigenvalue weighted by molar-refractivity contribution is 7.99. The van der Waals surface area contributed by atoms with Gasteiger partial charge in [0, 0.05) is 5.69 Å². The molecule has 3 aromatic rings. The molecule has 0 aliphatic rings. The van der Waals surface area contributed by atoms with E-state index in [9.17, 15) is 4.79 Å². The number of nitrogens with zero attached hydrogens (tertiary/aromatic N) is 3. The Labute approximate surface area is 174 Å². The van der Waals surface area contributed by atoms with Gasteiger partial charge < -0.3 is 14.8 Å². The number of nitrogens with one attached hydrogen (secondary N) is 1. The van der Waals surface area contributed by atoms with Crippen molar-refractivity contribution in [3.05, 3.63) is 60.4 Å². The zero-order chi connectivity index (χ0) is 20.6. The Morgan fingerprint density at radius 1 is 1.14 bits per heavy atom. The number of hydrogen-bond acceptors (Lipinski definition) is 6. The molecule has 0 saturated heterocycles. The molecule has 7 nitrogen and oxygen atoms in total. The first-order valence-electron chi connectivity index (χ1n) is 9.30. The third-order valence-electron chi connectivity index (χ3n) is 4.27. The number of hydrogen-bond donors (Lipinski definition) is 1. The van der Waals surface area contributed by atoms with E-state index in [2.05, 4.69) is 15.5 Å². The lowest BCUT2D eigenvalue weighted by Gasteiger charge is -2.15. The molecule has 1 atom stereocenters. The highest BCUT2D eigenvalue weighted by Crippen LogP contribution is 2.22. The maximum Gasteiger partial charge on any atom is 0.230 e. The topological polar surface area (TPSA) is 78.3 Å². The minimum absolute atomic E-state index is 0.0688. The Balaban J connectivity index is 1.56.